The summed E-state index contributed by atoms with van der Waals surface area (Å²) < 4.78 is 5.18. The van der Waals surface area contributed by atoms with Gasteiger partial charge in [0.25, 0.3) is 5.91 Å². The minimum absolute atomic E-state index is 0.0821. The third kappa shape index (κ3) is 5.70. The maximum atomic E-state index is 12.4. The molecule has 0 aliphatic heterocycles. The molecular weight excluding hydrogens is 378 g/mol. The molecule has 3 N–H and O–H groups in total. The number of nitrogens with zero attached hydrogens (tertiary/aromatic N) is 2. The van der Waals surface area contributed by atoms with E-state index in [4.69, 9.17) is 4.74 Å². The summed E-state index contributed by atoms with van der Waals surface area (Å²) in [7, 11) is 1.64. The first-order chi connectivity index (χ1) is 14.4. The third-order valence-electron chi connectivity index (χ3n) is 4.54. The van der Waals surface area contributed by atoms with Crippen LogP contribution in [-0.4, -0.2) is 36.1 Å². The van der Waals surface area contributed by atoms with Gasteiger partial charge in [-0.1, -0.05) is 17.7 Å². The number of anilines is 3. The topological polar surface area (TPSA) is 88.2 Å². The first-order valence-corrected chi connectivity index (χ1v) is 9.80. The summed E-state index contributed by atoms with van der Waals surface area (Å²) >= 11 is 0. The Kier molecular flexibility index (Phi) is 6.85. The standard InChI is InChI=1S/C23H27N5O2/c1-15-5-10-20(16(2)13-15)22(29)24-11-12-25-23-26-17(3)14-21(28-23)27-18-6-8-19(30-4)9-7-18/h5-10,13-14H,11-12H2,1-4H3,(H,24,29)(H2,25,26,27,28). The van der Waals surface area contributed by atoms with Crippen LogP contribution in [0.5, 0.6) is 5.75 Å². The van der Waals surface area contributed by atoms with Crippen molar-refractivity contribution in [2.24, 2.45) is 0 Å². The van der Waals surface area contributed by atoms with Crippen molar-refractivity contribution in [3.63, 3.8) is 0 Å². The van der Waals surface area contributed by atoms with Crippen LogP contribution in [0.4, 0.5) is 17.5 Å². The summed E-state index contributed by atoms with van der Waals surface area (Å²) in [5, 5.41) is 9.35. The lowest BCUT2D eigenvalue weighted by Gasteiger charge is -2.11. The van der Waals surface area contributed by atoms with E-state index >= 15 is 0 Å². The quantitative estimate of drug-likeness (QED) is 0.491. The number of hydrogen-bond donors (Lipinski definition) is 3. The molecule has 7 nitrogen and oxygen atoms in total. The normalized spacial score (nSPS) is 10.4. The number of hydrogen-bond acceptors (Lipinski definition) is 6. The van der Waals surface area contributed by atoms with E-state index in [2.05, 4.69) is 25.9 Å². The molecule has 2 aromatic carbocycles. The molecule has 0 unspecified atom stereocenters. The number of aromatic nitrogens is 2. The number of carbonyl (C=O) groups excluding carboxylic acids is 1. The molecule has 1 amide bonds. The lowest BCUT2D eigenvalue weighted by atomic mass is 10.1. The lowest BCUT2D eigenvalue weighted by molar-refractivity contribution is 0.0954. The van der Waals surface area contributed by atoms with Gasteiger partial charge in [-0.2, -0.15) is 4.98 Å². The zero-order valence-electron chi connectivity index (χ0n) is 17.7. The Morgan fingerprint density at radius 2 is 1.73 bits per heavy atom. The number of methoxy groups -OCH3 is 1. The largest absolute Gasteiger partial charge is 0.497 e. The molecule has 3 aromatic rings. The van der Waals surface area contributed by atoms with Crippen LogP contribution in [0.2, 0.25) is 0 Å². The zero-order chi connectivity index (χ0) is 21.5. The number of benzene rings is 2. The van der Waals surface area contributed by atoms with Gasteiger partial charge in [0.2, 0.25) is 5.95 Å². The van der Waals surface area contributed by atoms with Crippen molar-refractivity contribution >= 4 is 23.4 Å². The summed E-state index contributed by atoms with van der Waals surface area (Å²) in [5.41, 5.74) is 4.54. The van der Waals surface area contributed by atoms with Crippen molar-refractivity contribution in [3.05, 3.63) is 70.9 Å². The number of ether oxygens (including phenoxy) is 1. The molecule has 7 heteroatoms. The van der Waals surface area contributed by atoms with Crippen molar-refractivity contribution in [2.75, 3.05) is 30.8 Å². The summed E-state index contributed by atoms with van der Waals surface area (Å²) in [6.07, 6.45) is 0. The van der Waals surface area contributed by atoms with Gasteiger partial charge in [-0.3, -0.25) is 4.79 Å². The van der Waals surface area contributed by atoms with Crippen LogP contribution < -0.4 is 20.7 Å². The molecule has 0 spiro atoms. The minimum atomic E-state index is -0.0821. The van der Waals surface area contributed by atoms with E-state index in [1.165, 1.54) is 0 Å². The molecule has 0 saturated carbocycles. The van der Waals surface area contributed by atoms with Gasteiger partial charge in [0, 0.05) is 36.1 Å². The highest BCUT2D eigenvalue weighted by Crippen LogP contribution is 2.20. The molecule has 1 aromatic heterocycles. The molecule has 0 fully saturated rings. The van der Waals surface area contributed by atoms with E-state index in [-0.39, 0.29) is 5.91 Å². The van der Waals surface area contributed by atoms with Crippen LogP contribution in [0, 0.1) is 20.8 Å². The monoisotopic (exact) mass is 405 g/mol. The van der Waals surface area contributed by atoms with E-state index in [1.54, 1.807) is 7.11 Å². The fourth-order valence-electron chi connectivity index (χ4n) is 3.05. The van der Waals surface area contributed by atoms with Crippen LogP contribution in [0.25, 0.3) is 0 Å². The zero-order valence-corrected chi connectivity index (χ0v) is 17.7. The molecular formula is C23H27N5O2. The number of carbonyl (C=O) groups is 1. The van der Waals surface area contributed by atoms with Gasteiger partial charge in [0.15, 0.2) is 0 Å². The Bertz CT molecular complexity index is 1020. The van der Waals surface area contributed by atoms with E-state index in [0.29, 0.717) is 30.4 Å². The van der Waals surface area contributed by atoms with Crippen molar-refractivity contribution in [2.45, 2.75) is 20.8 Å². The second-order valence-corrected chi connectivity index (χ2v) is 7.07. The second-order valence-electron chi connectivity index (χ2n) is 7.07. The van der Waals surface area contributed by atoms with Crippen LogP contribution in [0.1, 0.15) is 27.2 Å². The predicted octanol–water partition coefficient (Wildman–Crippen LogP) is 4.00. The highest BCUT2D eigenvalue weighted by Gasteiger charge is 2.08. The van der Waals surface area contributed by atoms with Crippen molar-refractivity contribution in [3.8, 4) is 5.75 Å². The number of amides is 1. The molecule has 0 radical (unpaired) electrons. The first-order valence-electron chi connectivity index (χ1n) is 9.80. The average Bonchev–Trinajstić information content (AvgIpc) is 2.71. The number of rotatable bonds is 8. The van der Waals surface area contributed by atoms with Crippen LogP contribution >= 0.6 is 0 Å². The van der Waals surface area contributed by atoms with Gasteiger partial charge in [0.05, 0.1) is 7.11 Å². The average molecular weight is 406 g/mol. The predicted molar refractivity (Wildman–Crippen MR) is 120 cm³/mol. The number of aryl methyl sites for hydroxylation is 3. The fraction of sp³-hybridized carbons (Fsp3) is 0.261. The molecule has 0 saturated heterocycles. The lowest BCUT2D eigenvalue weighted by Crippen LogP contribution is -2.29. The van der Waals surface area contributed by atoms with E-state index < -0.39 is 0 Å². The molecule has 0 aliphatic carbocycles. The molecule has 0 aliphatic rings. The van der Waals surface area contributed by atoms with E-state index in [0.717, 1.165) is 28.3 Å². The molecule has 0 bridgehead atoms. The smallest absolute Gasteiger partial charge is 0.251 e. The summed E-state index contributed by atoms with van der Waals surface area (Å²) in [5.74, 6) is 1.91. The van der Waals surface area contributed by atoms with Gasteiger partial charge in [-0.25, -0.2) is 4.98 Å². The van der Waals surface area contributed by atoms with Crippen molar-refractivity contribution in [1.29, 1.82) is 0 Å². The van der Waals surface area contributed by atoms with Gasteiger partial charge in [-0.05, 0) is 56.7 Å². The highest BCUT2D eigenvalue weighted by molar-refractivity contribution is 5.95. The van der Waals surface area contributed by atoms with E-state index in [9.17, 15) is 4.79 Å². The Morgan fingerprint density at radius 1 is 0.967 bits per heavy atom. The Balaban J connectivity index is 1.54. The SMILES string of the molecule is COc1ccc(Nc2cc(C)nc(NCCNC(=O)c3ccc(C)cc3C)n2)cc1. The minimum Gasteiger partial charge on any atom is -0.497 e. The molecule has 1 heterocycles. The Hall–Kier alpha value is -3.61. The molecule has 3 rings (SSSR count). The summed E-state index contributed by atoms with van der Waals surface area (Å²) in [6.45, 7) is 6.84. The van der Waals surface area contributed by atoms with Gasteiger partial charge in [0.1, 0.15) is 11.6 Å². The summed E-state index contributed by atoms with van der Waals surface area (Å²) in [6, 6.07) is 15.3. The third-order valence-corrected chi connectivity index (χ3v) is 4.54. The molecule has 0 atom stereocenters. The Labute approximate surface area is 176 Å². The highest BCUT2D eigenvalue weighted by atomic mass is 16.5. The van der Waals surface area contributed by atoms with Crippen LogP contribution in [-0.2, 0) is 0 Å². The number of nitrogens with one attached hydrogen (secondary N) is 3. The fourth-order valence-corrected chi connectivity index (χ4v) is 3.05. The van der Waals surface area contributed by atoms with E-state index in [1.807, 2.05) is 69.3 Å². The van der Waals surface area contributed by atoms with Gasteiger partial charge >= 0.3 is 0 Å². The Morgan fingerprint density at radius 3 is 2.43 bits per heavy atom. The summed E-state index contributed by atoms with van der Waals surface area (Å²) in [4.78, 5) is 21.3. The maximum absolute atomic E-state index is 12.4. The maximum Gasteiger partial charge on any atom is 0.251 e. The van der Waals surface area contributed by atoms with Crippen LogP contribution in [0.3, 0.4) is 0 Å². The first kappa shape index (κ1) is 21.1. The van der Waals surface area contributed by atoms with Crippen molar-refractivity contribution in [1.82, 2.24) is 15.3 Å². The molecule has 156 valence electrons. The molecule has 30 heavy (non-hydrogen) atoms. The van der Waals surface area contributed by atoms with Gasteiger partial charge < -0.3 is 20.7 Å². The van der Waals surface area contributed by atoms with Gasteiger partial charge in [-0.15, -0.1) is 0 Å². The van der Waals surface area contributed by atoms with Crippen LogP contribution in [0.15, 0.2) is 48.5 Å². The van der Waals surface area contributed by atoms with Crippen molar-refractivity contribution < 1.29 is 9.53 Å². The second kappa shape index (κ2) is 9.73.